The average molecular weight is 1530 g/mol. The number of hydrogen-bond acceptors (Lipinski definition) is 2. The van der Waals surface area contributed by atoms with Crippen LogP contribution in [0.4, 0.5) is 0 Å². The summed E-state index contributed by atoms with van der Waals surface area (Å²) in [6.07, 6.45) is 10.2. The molecule has 7 aromatic heterocycles. The molecule has 0 saturated heterocycles. The Balaban J connectivity index is 0.000000135. The van der Waals surface area contributed by atoms with Gasteiger partial charge < -0.3 is 4.42 Å². The summed E-state index contributed by atoms with van der Waals surface area (Å²) in [5, 5.41) is 11.4. The molecule has 7 heteroatoms. The Morgan fingerprint density at radius 2 is 0.724 bits per heavy atom. The fraction of sp³-hybridized carbons (Fsp3) is 0.248. The van der Waals surface area contributed by atoms with E-state index in [0.717, 1.165) is 16.8 Å². The van der Waals surface area contributed by atoms with Gasteiger partial charge in [0.15, 0.2) is 36.6 Å². The van der Waals surface area contributed by atoms with Gasteiger partial charge in [-0.3, -0.25) is 0 Å². The lowest BCUT2D eigenvalue weighted by Gasteiger charge is -2.12. The zero-order chi connectivity index (χ0) is 88.9. The highest BCUT2D eigenvalue weighted by Gasteiger charge is 2.27. The first-order valence-electron chi connectivity index (χ1n) is 43.9. The Kier molecular flexibility index (Phi) is 21.5. The third kappa shape index (κ3) is 16.8. The average Bonchev–Trinajstić information content (AvgIpc) is 1.57. The second-order valence-electron chi connectivity index (χ2n) is 32.8. The first kappa shape index (κ1) is 72.9. The lowest BCUT2D eigenvalue weighted by molar-refractivity contribution is -0.660. The van der Waals surface area contributed by atoms with Crippen molar-refractivity contribution in [2.24, 2.45) is 35.2 Å². The van der Waals surface area contributed by atoms with E-state index in [1.165, 1.54) is 160 Å². The van der Waals surface area contributed by atoms with E-state index in [2.05, 4.69) is 331 Å². The van der Waals surface area contributed by atoms with Crippen molar-refractivity contribution in [1.29, 1.82) is 0 Å². The van der Waals surface area contributed by atoms with Gasteiger partial charge >= 0.3 is 0 Å². The van der Waals surface area contributed by atoms with Gasteiger partial charge in [-0.1, -0.05) is 171 Å². The first-order chi connectivity index (χ1) is 58.1. The molecule has 17 aromatic rings. The van der Waals surface area contributed by atoms with Crippen LogP contribution in [0.2, 0.25) is 0 Å². The summed E-state index contributed by atoms with van der Waals surface area (Å²) in [4.78, 5) is 4.50. The minimum absolute atomic E-state index is 0.202. The highest BCUT2D eigenvalue weighted by atomic mass is 16.3. The molecule has 0 amide bonds. The SMILES string of the molecule is Cc1cc(C)c(C)c(-c2c3ccc(C(C)C)cc3cc[n+]2C)c1.Cc1cc(C)c(C)c(-c2c3ccccc3cc[n+]2C)c1.Cc1cc(C)c(C)c(-c2c3ccccc3cc[n+]2C)c1.[2H]C(C)(C)c1ccc2c(-c3cc(C)cc(C)c3C)[n+](C)ccc2c1.[2H]C([2H])([2H])c1c[n+](C)c(-c2c(C)cc(C([2H])([2H])[2H])c3c2oc2nc(C)ccc23)cc1-c1ccccc1. The molecule has 0 unspecified atom stereocenters. The van der Waals surface area contributed by atoms with E-state index in [0.29, 0.717) is 50.4 Å². The van der Waals surface area contributed by atoms with Crippen LogP contribution in [0, 0.1) is 111 Å². The quantitative estimate of drug-likeness (QED) is 0.142. The topological polar surface area (TPSA) is 45.4 Å². The number of furan rings is 1. The van der Waals surface area contributed by atoms with Gasteiger partial charge in [-0.05, 0) is 283 Å². The summed E-state index contributed by atoms with van der Waals surface area (Å²) < 4.78 is 74.1. The van der Waals surface area contributed by atoms with Gasteiger partial charge in [0.25, 0.3) is 0 Å². The Labute approximate surface area is 699 Å². The van der Waals surface area contributed by atoms with Gasteiger partial charge in [0, 0.05) is 62.0 Å². The maximum atomic E-state index is 8.29. The van der Waals surface area contributed by atoms with Gasteiger partial charge in [-0.15, -0.1) is 0 Å². The molecule has 0 radical (unpaired) electrons. The van der Waals surface area contributed by atoms with Crippen LogP contribution in [0.15, 0.2) is 248 Å². The minimum Gasteiger partial charge on any atom is -0.437 e. The van der Waals surface area contributed by atoms with E-state index in [1.807, 2.05) is 76.2 Å². The second-order valence-corrected chi connectivity index (χ2v) is 32.8. The van der Waals surface area contributed by atoms with Crippen LogP contribution in [0.5, 0.6) is 0 Å². The van der Waals surface area contributed by atoms with Crippen LogP contribution < -0.4 is 22.8 Å². The van der Waals surface area contributed by atoms with Crippen molar-refractivity contribution < 1.29 is 36.8 Å². The fourth-order valence-electron chi connectivity index (χ4n) is 16.7. The molecule has 0 fully saturated rings. The van der Waals surface area contributed by atoms with Crippen LogP contribution >= 0.6 is 0 Å². The molecule has 584 valence electrons. The maximum Gasteiger partial charge on any atom is 0.227 e. The van der Waals surface area contributed by atoms with Gasteiger partial charge in [0.2, 0.25) is 34.2 Å². The van der Waals surface area contributed by atoms with Crippen molar-refractivity contribution in [3.63, 3.8) is 0 Å². The molecule has 0 aliphatic heterocycles. The third-order valence-electron chi connectivity index (χ3n) is 23.5. The van der Waals surface area contributed by atoms with Crippen LogP contribution in [0.1, 0.15) is 149 Å². The molecular formula is C109H117N6O+5. The summed E-state index contributed by atoms with van der Waals surface area (Å²) in [6.45, 7) is 33.7. The minimum atomic E-state index is -2.36. The van der Waals surface area contributed by atoms with Crippen LogP contribution in [-0.4, -0.2) is 4.98 Å². The van der Waals surface area contributed by atoms with E-state index in [1.54, 1.807) is 23.9 Å². The number of rotatable bonds is 8. The van der Waals surface area contributed by atoms with Crippen LogP contribution in [0.3, 0.4) is 0 Å². The van der Waals surface area contributed by atoms with Crippen molar-refractivity contribution in [2.45, 2.75) is 150 Å². The van der Waals surface area contributed by atoms with E-state index in [4.69, 9.17) is 14.0 Å². The number of aryl methyl sites for hydroxylation is 17. The zero-order valence-corrected chi connectivity index (χ0v) is 72.3. The van der Waals surface area contributed by atoms with Crippen LogP contribution in [-0.2, 0) is 35.2 Å². The number of pyridine rings is 6. The molecule has 7 heterocycles. The van der Waals surface area contributed by atoms with Gasteiger partial charge in [-0.2, -0.15) is 0 Å². The van der Waals surface area contributed by atoms with Crippen molar-refractivity contribution in [3.8, 4) is 67.4 Å². The van der Waals surface area contributed by atoms with Crippen molar-refractivity contribution >= 4 is 65.2 Å². The molecule has 17 rings (SSSR count). The number of aromatic nitrogens is 6. The molecule has 10 aromatic carbocycles. The molecule has 0 atom stereocenters. The molecular weight excluding hydrogens is 1410 g/mol. The number of hydrogen-bond donors (Lipinski definition) is 0. The number of fused-ring (bicyclic) bond motifs is 7. The molecule has 0 aliphatic rings. The number of benzene rings is 10. The zero-order valence-electron chi connectivity index (χ0n) is 79.3. The van der Waals surface area contributed by atoms with Crippen LogP contribution in [0.25, 0.3) is 133 Å². The third-order valence-corrected chi connectivity index (χ3v) is 23.5. The molecule has 0 N–H and O–H groups in total. The van der Waals surface area contributed by atoms with Gasteiger partial charge in [0.1, 0.15) is 35.2 Å². The summed E-state index contributed by atoms with van der Waals surface area (Å²) in [5.74, 6) is -0.0258. The summed E-state index contributed by atoms with van der Waals surface area (Å²) >= 11 is 0. The molecule has 116 heavy (non-hydrogen) atoms. The number of nitrogens with zero attached hydrogens (tertiary/aromatic N) is 6. The van der Waals surface area contributed by atoms with E-state index >= 15 is 0 Å². The highest BCUT2D eigenvalue weighted by Crippen LogP contribution is 2.42. The van der Waals surface area contributed by atoms with Gasteiger partial charge in [0.05, 0.1) is 49.4 Å². The largest absolute Gasteiger partial charge is 0.437 e. The normalized spacial score (nSPS) is 12.5. The first-order valence-corrected chi connectivity index (χ1v) is 40.4. The Morgan fingerprint density at radius 3 is 1.15 bits per heavy atom. The van der Waals surface area contributed by atoms with Crippen molar-refractivity contribution in [3.05, 3.63) is 344 Å². The monoisotopic (exact) mass is 1530 g/mol. The summed E-state index contributed by atoms with van der Waals surface area (Å²) in [7, 11) is 10.3. The Bertz CT molecular complexity index is 6830. The standard InChI is InChI=1S/C27H25N2O.2C22H26N.2C19H20N/c1-16-13-17(2)25(26-24(16)21-12-11-19(4)28-27(21)30-26)23-14-22(18(3)15-29(23)5)20-9-7-6-8-10-20;2*1-14(2)18-7-8-20-19(13-18)9-10-23(6)22(20)21-12-15(3)11-16(4)17(21)5;2*1-13-11-14(2)15(3)18(12-13)19-17-8-6-5-7-16(17)9-10-20(19)4/h6-15H,1-5H3;2*7-14H,1-6H3;2*5-12H,1-4H3/q5*+1/i1D3,3D3;14D;;;. The molecule has 7 nitrogen and oxygen atoms in total. The highest BCUT2D eigenvalue weighted by molar-refractivity contribution is 6.11. The lowest BCUT2D eigenvalue weighted by Crippen LogP contribution is -2.31. The van der Waals surface area contributed by atoms with E-state index in [-0.39, 0.29) is 11.1 Å². The summed E-state index contributed by atoms with van der Waals surface area (Å²) in [6, 6.07) is 74.0. The van der Waals surface area contributed by atoms with E-state index < -0.39 is 19.6 Å². The smallest absolute Gasteiger partial charge is 0.227 e. The predicted octanol–water partition coefficient (Wildman–Crippen LogP) is 25.6. The molecule has 0 saturated carbocycles. The Hall–Kier alpha value is -12.1. The predicted molar refractivity (Wildman–Crippen MR) is 490 cm³/mol. The van der Waals surface area contributed by atoms with Gasteiger partial charge in [-0.25, -0.2) is 27.8 Å². The second kappa shape index (κ2) is 34.2. The molecule has 0 spiro atoms. The maximum absolute atomic E-state index is 8.29. The lowest BCUT2D eigenvalue weighted by atomic mass is 9.93. The molecule has 0 bridgehead atoms. The summed E-state index contributed by atoms with van der Waals surface area (Å²) in [5.41, 5.74) is 34.4. The van der Waals surface area contributed by atoms with Crippen molar-refractivity contribution in [1.82, 2.24) is 4.98 Å². The molecule has 0 aliphatic carbocycles. The fourth-order valence-corrected chi connectivity index (χ4v) is 16.7. The van der Waals surface area contributed by atoms with E-state index in [9.17, 15) is 0 Å². The van der Waals surface area contributed by atoms with Crippen molar-refractivity contribution in [2.75, 3.05) is 0 Å². The Morgan fingerprint density at radius 1 is 0.336 bits per heavy atom.